The van der Waals surface area contributed by atoms with E-state index in [1.807, 2.05) is 12.2 Å². The topological polar surface area (TPSA) is 78.9 Å². The van der Waals surface area contributed by atoms with Crippen LogP contribution in [0.15, 0.2) is 158 Å². The maximum Gasteiger partial charge on any atom is 0.306 e. The van der Waals surface area contributed by atoms with E-state index in [-0.39, 0.29) is 44.0 Å². The van der Waals surface area contributed by atoms with Crippen molar-refractivity contribution in [3.63, 3.8) is 0 Å². The van der Waals surface area contributed by atoms with Crippen LogP contribution in [0, 0.1) is 0 Å². The number of unbranched alkanes of at least 4 members (excludes halogenated alkanes) is 21. The van der Waals surface area contributed by atoms with Crippen LogP contribution in [-0.2, 0) is 28.6 Å². The fourth-order valence-electron chi connectivity index (χ4n) is 8.65. The van der Waals surface area contributed by atoms with Crippen LogP contribution in [0.3, 0.4) is 0 Å². The molecule has 456 valence electrons. The molecule has 0 saturated heterocycles. The molecule has 0 aromatic heterocycles. The van der Waals surface area contributed by atoms with Crippen LogP contribution in [0.25, 0.3) is 0 Å². The minimum atomic E-state index is -0.846. The Morgan fingerprint density at radius 2 is 0.519 bits per heavy atom. The second kappa shape index (κ2) is 67.5. The molecule has 0 fully saturated rings. The van der Waals surface area contributed by atoms with Crippen molar-refractivity contribution in [2.24, 2.45) is 0 Å². The van der Waals surface area contributed by atoms with E-state index in [0.717, 1.165) is 103 Å². The smallest absolute Gasteiger partial charge is 0.306 e. The second-order valence-electron chi connectivity index (χ2n) is 21.3. The lowest BCUT2D eigenvalue weighted by Crippen LogP contribution is -2.30. The van der Waals surface area contributed by atoms with Crippen LogP contribution < -0.4 is 0 Å². The third kappa shape index (κ3) is 65.7. The first-order valence-corrected chi connectivity index (χ1v) is 33.0. The number of allylic oxidation sites excluding steroid dienone is 26. The molecular formula is C75H120O6. The van der Waals surface area contributed by atoms with Crippen molar-refractivity contribution in [1.29, 1.82) is 0 Å². The molecule has 0 aliphatic rings. The largest absolute Gasteiger partial charge is 0.462 e. The van der Waals surface area contributed by atoms with Gasteiger partial charge in [0.2, 0.25) is 0 Å². The Hall–Kier alpha value is -4.97. The van der Waals surface area contributed by atoms with Gasteiger partial charge in [0, 0.05) is 19.3 Å². The van der Waals surface area contributed by atoms with Gasteiger partial charge in [-0.05, 0) is 128 Å². The molecule has 0 aromatic carbocycles. The number of hydrogen-bond donors (Lipinski definition) is 0. The predicted octanol–water partition coefficient (Wildman–Crippen LogP) is 22.9. The zero-order valence-electron chi connectivity index (χ0n) is 52.2. The molecular weight excluding hydrogens is 997 g/mol. The van der Waals surface area contributed by atoms with Gasteiger partial charge in [0.15, 0.2) is 6.10 Å². The lowest BCUT2D eigenvalue weighted by atomic mass is 10.0. The number of ether oxygens (including phenoxy) is 3. The summed E-state index contributed by atoms with van der Waals surface area (Å²) in [5.74, 6) is -1.08. The number of esters is 3. The van der Waals surface area contributed by atoms with Gasteiger partial charge in [0.1, 0.15) is 13.2 Å². The fourth-order valence-corrected chi connectivity index (χ4v) is 8.65. The van der Waals surface area contributed by atoms with Gasteiger partial charge in [-0.15, -0.1) is 0 Å². The van der Waals surface area contributed by atoms with Crippen molar-refractivity contribution in [2.75, 3.05) is 13.2 Å². The minimum absolute atomic E-state index is 0.129. The Kier molecular flexibility index (Phi) is 63.4. The molecule has 0 saturated carbocycles. The molecule has 0 aliphatic heterocycles. The van der Waals surface area contributed by atoms with Gasteiger partial charge in [-0.2, -0.15) is 0 Å². The van der Waals surface area contributed by atoms with Crippen molar-refractivity contribution in [3.05, 3.63) is 158 Å². The van der Waals surface area contributed by atoms with Crippen molar-refractivity contribution >= 4 is 17.9 Å². The van der Waals surface area contributed by atoms with Crippen molar-refractivity contribution in [1.82, 2.24) is 0 Å². The average molecular weight is 1120 g/mol. The molecule has 0 aliphatic carbocycles. The Labute approximate surface area is 499 Å². The number of rotatable bonds is 58. The van der Waals surface area contributed by atoms with Crippen molar-refractivity contribution in [3.8, 4) is 0 Å². The number of carbonyl (C=O) groups is 3. The second-order valence-corrected chi connectivity index (χ2v) is 21.3. The molecule has 81 heavy (non-hydrogen) atoms. The first kappa shape index (κ1) is 76.0. The summed E-state index contributed by atoms with van der Waals surface area (Å²) in [7, 11) is 0. The number of carbonyl (C=O) groups excluding carboxylic acids is 3. The molecule has 6 heteroatoms. The van der Waals surface area contributed by atoms with E-state index in [0.29, 0.717) is 19.3 Å². The van der Waals surface area contributed by atoms with Gasteiger partial charge in [-0.3, -0.25) is 14.4 Å². The SMILES string of the molecule is CC/C=C\C/C=C\C/C=C\C/C=C\C/C=C\C/C=C\C/C=C\CCCC(=O)OC(COC(=O)CC/C=C\C/C=C\C/C=C\C/C=C\CC)COC(=O)CCCCCCCCCCCCCCCCC/C=C\C/C=C\CCCCCCC. The van der Waals surface area contributed by atoms with Gasteiger partial charge in [0.05, 0.1) is 0 Å². The number of hydrogen-bond acceptors (Lipinski definition) is 6. The van der Waals surface area contributed by atoms with Crippen molar-refractivity contribution < 1.29 is 28.6 Å². The maximum atomic E-state index is 12.9. The Morgan fingerprint density at radius 1 is 0.259 bits per heavy atom. The summed E-state index contributed by atoms with van der Waals surface area (Å²) >= 11 is 0. The molecule has 6 nitrogen and oxygen atoms in total. The van der Waals surface area contributed by atoms with E-state index >= 15 is 0 Å². The first-order valence-electron chi connectivity index (χ1n) is 33.0. The molecule has 1 unspecified atom stereocenters. The Morgan fingerprint density at radius 3 is 0.864 bits per heavy atom. The zero-order valence-corrected chi connectivity index (χ0v) is 52.2. The van der Waals surface area contributed by atoms with E-state index in [9.17, 15) is 14.4 Å². The minimum Gasteiger partial charge on any atom is -0.462 e. The third-order valence-corrected chi connectivity index (χ3v) is 13.5. The summed E-state index contributed by atoms with van der Waals surface area (Å²) < 4.78 is 16.8. The highest BCUT2D eigenvalue weighted by Gasteiger charge is 2.19. The van der Waals surface area contributed by atoms with Crippen LogP contribution in [-0.4, -0.2) is 37.2 Å². The van der Waals surface area contributed by atoms with Crippen LogP contribution in [0.4, 0.5) is 0 Å². The molecule has 0 aromatic rings. The van der Waals surface area contributed by atoms with Gasteiger partial charge in [-0.1, -0.05) is 288 Å². The molecule has 0 rings (SSSR count). The van der Waals surface area contributed by atoms with Gasteiger partial charge >= 0.3 is 17.9 Å². The summed E-state index contributed by atoms with van der Waals surface area (Å²) in [6.45, 7) is 6.29. The first-order chi connectivity index (χ1) is 40.0. The Bertz CT molecular complexity index is 1810. The summed E-state index contributed by atoms with van der Waals surface area (Å²) in [6, 6.07) is 0. The lowest BCUT2D eigenvalue weighted by molar-refractivity contribution is -0.166. The summed E-state index contributed by atoms with van der Waals surface area (Å²) in [5.41, 5.74) is 0. The van der Waals surface area contributed by atoms with Crippen LogP contribution in [0.5, 0.6) is 0 Å². The van der Waals surface area contributed by atoms with E-state index < -0.39 is 6.10 Å². The van der Waals surface area contributed by atoms with Crippen LogP contribution >= 0.6 is 0 Å². The molecule has 0 radical (unpaired) electrons. The zero-order chi connectivity index (χ0) is 58.5. The highest BCUT2D eigenvalue weighted by Crippen LogP contribution is 2.15. The van der Waals surface area contributed by atoms with Gasteiger partial charge < -0.3 is 14.2 Å². The van der Waals surface area contributed by atoms with Crippen molar-refractivity contribution in [2.45, 2.75) is 284 Å². The normalized spacial score (nSPS) is 13.2. The van der Waals surface area contributed by atoms with E-state index in [2.05, 4.69) is 167 Å². The molecule has 0 N–H and O–H groups in total. The molecule has 0 spiro atoms. The van der Waals surface area contributed by atoms with E-state index in [1.54, 1.807) is 0 Å². The highest BCUT2D eigenvalue weighted by molar-refractivity contribution is 5.71. The molecule has 0 heterocycles. The summed E-state index contributed by atoms with van der Waals surface area (Å²) in [4.78, 5) is 38.3. The molecule has 0 bridgehead atoms. The monoisotopic (exact) mass is 1120 g/mol. The summed E-state index contributed by atoms with van der Waals surface area (Å²) in [5, 5.41) is 0. The lowest BCUT2D eigenvalue weighted by Gasteiger charge is -2.18. The maximum absolute atomic E-state index is 12.9. The predicted molar refractivity (Wildman–Crippen MR) is 352 cm³/mol. The highest BCUT2D eigenvalue weighted by atomic mass is 16.6. The van der Waals surface area contributed by atoms with E-state index in [4.69, 9.17) is 14.2 Å². The Balaban J connectivity index is 4.44. The van der Waals surface area contributed by atoms with Crippen LogP contribution in [0.2, 0.25) is 0 Å². The van der Waals surface area contributed by atoms with E-state index in [1.165, 1.54) is 122 Å². The quantitative estimate of drug-likeness (QED) is 0.0261. The average Bonchev–Trinajstić information content (AvgIpc) is 3.46. The standard InChI is InChI=1S/C75H120O6/c1-4-7-10-13-16-19-22-25-27-29-31-33-35-36-37-38-40-41-43-45-47-50-53-56-59-62-65-68-74(77)80-71-72(70-79-73(76)67-64-61-58-55-52-49-24-21-18-15-12-9-6-3)81-75(78)69-66-63-60-57-54-51-48-46-44-42-39-34-32-30-28-26-23-20-17-14-11-8-5-2/h8-9,11-12,17-18,20-22,25-26,28-29,31-32,34,42,44,48-49,51-52,57-58,60-61,72H,4-7,10,13-16,19,23-24,27,30,33,35-41,43,45-47,50,53-56,59,62-71H2,1-3H3/b11-8-,12-9-,20-17-,21-18-,25-22-,28-26-,31-29-,34-32-,44-42-,51-48-,52-49-,60-57-,61-58-. The van der Waals surface area contributed by atoms with Crippen LogP contribution in [0.1, 0.15) is 278 Å². The third-order valence-electron chi connectivity index (χ3n) is 13.5. The van der Waals surface area contributed by atoms with Gasteiger partial charge in [-0.25, -0.2) is 0 Å². The molecule has 0 amide bonds. The van der Waals surface area contributed by atoms with Gasteiger partial charge in [0.25, 0.3) is 0 Å². The fraction of sp³-hybridized carbons (Fsp3) is 0.613. The summed E-state index contributed by atoms with van der Waals surface area (Å²) in [6.07, 6.45) is 98.6. The molecule has 1 atom stereocenters.